The van der Waals surface area contributed by atoms with E-state index in [-0.39, 0.29) is 5.76 Å². The summed E-state index contributed by atoms with van der Waals surface area (Å²) in [4.78, 5) is 0. The number of aliphatic hydroxyl groups excluding tert-OH is 1. The molecule has 0 unspecified atom stereocenters. The summed E-state index contributed by atoms with van der Waals surface area (Å²) in [7, 11) is 0. The van der Waals surface area contributed by atoms with E-state index < -0.39 is 0 Å². The molecule has 0 radical (unpaired) electrons. The molecule has 0 aliphatic heterocycles. The Bertz CT molecular complexity index is 189. The van der Waals surface area contributed by atoms with E-state index in [1.54, 1.807) is 0 Å². The van der Waals surface area contributed by atoms with Crippen LogP contribution < -0.4 is 0 Å². The van der Waals surface area contributed by atoms with Gasteiger partial charge in [0.1, 0.15) is 5.76 Å². The number of aliphatic hydroxyl groups is 1. The van der Waals surface area contributed by atoms with Crippen molar-refractivity contribution in [3.63, 3.8) is 0 Å². The molecule has 0 fully saturated rings. The van der Waals surface area contributed by atoms with Crippen LogP contribution in [0, 0.1) is 11.3 Å². The maximum Gasteiger partial charge on any atom is 0.105 e. The van der Waals surface area contributed by atoms with Crippen molar-refractivity contribution < 1.29 is 5.11 Å². The van der Waals surface area contributed by atoms with Gasteiger partial charge in [0.2, 0.25) is 0 Å². The fraction of sp³-hybridized carbons (Fsp3) is 0.143. The van der Waals surface area contributed by atoms with Gasteiger partial charge in [-0.05, 0) is 24.4 Å². The lowest BCUT2D eigenvalue weighted by atomic mass is 10.2. The SMILES string of the molecule is C=CC(C#CCl)=C(C)O. The molecule has 0 aromatic heterocycles. The summed E-state index contributed by atoms with van der Waals surface area (Å²) in [5.41, 5.74) is 0.463. The Labute approximate surface area is 59.6 Å². The van der Waals surface area contributed by atoms with Crippen LogP contribution in [0.1, 0.15) is 6.92 Å². The molecule has 48 valence electrons. The van der Waals surface area contributed by atoms with Gasteiger partial charge >= 0.3 is 0 Å². The first-order valence-electron chi connectivity index (χ1n) is 2.36. The van der Waals surface area contributed by atoms with E-state index >= 15 is 0 Å². The van der Waals surface area contributed by atoms with Gasteiger partial charge in [0.25, 0.3) is 0 Å². The topological polar surface area (TPSA) is 20.2 Å². The van der Waals surface area contributed by atoms with Gasteiger partial charge in [-0.15, -0.1) is 0 Å². The standard InChI is InChI=1S/C7H7ClO/c1-3-7(4-5-8)6(2)9/h3,9H,1H2,2H3. The third-order valence-electron chi connectivity index (χ3n) is 0.776. The molecular weight excluding hydrogens is 136 g/mol. The predicted octanol–water partition coefficient (Wildman–Crippen LogP) is 2.20. The van der Waals surface area contributed by atoms with Crippen LogP contribution in [0.25, 0.3) is 0 Å². The Kier molecular flexibility index (Phi) is 3.66. The first-order chi connectivity index (χ1) is 4.22. The Morgan fingerprint density at radius 3 is 2.44 bits per heavy atom. The van der Waals surface area contributed by atoms with E-state index in [9.17, 15) is 0 Å². The van der Waals surface area contributed by atoms with Crippen LogP contribution in [0.15, 0.2) is 24.0 Å². The maximum absolute atomic E-state index is 8.79. The summed E-state index contributed by atoms with van der Waals surface area (Å²) in [5.74, 6) is 2.60. The van der Waals surface area contributed by atoms with Crippen LogP contribution in [-0.4, -0.2) is 5.11 Å². The van der Waals surface area contributed by atoms with Crippen molar-refractivity contribution in [3.05, 3.63) is 24.0 Å². The summed E-state index contributed by atoms with van der Waals surface area (Å²) in [5, 5.41) is 10.9. The molecule has 0 aliphatic rings. The van der Waals surface area contributed by atoms with Crippen LogP contribution in [-0.2, 0) is 0 Å². The molecule has 1 nitrogen and oxygen atoms in total. The van der Waals surface area contributed by atoms with Gasteiger partial charge in [-0.25, -0.2) is 0 Å². The van der Waals surface area contributed by atoms with E-state index in [1.165, 1.54) is 13.0 Å². The van der Waals surface area contributed by atoms with Crippen LogP contribution in [0.2, 0.25) is 0 Å². The highest BCUT2D eigenvalue weighted by Crippen LogP contribution is 1.99. The minimum Gasteiger partial charge on any atom is -0.511 e. The van der Waals surface area contributed by atoms with Crippen molar-refractivity contribution in [1.82, 2.24) is 0 Å². The minimum absolute atomic E-state index is 0.137. The lowest BCUT2D eigenvalue weighted by molar-refractivity contribution is 0.411. The largest absolute Gasteiger partial charge is 0.511 e. The molecule has 2 heteroatoms. The van der Waals surface area contributed by atoms with E-state index in [0.717, 1.165) is 0 Å². The van der Waals surface area contributed by atoms with E-state index in [4.69, 9.17) is 16.7 Å². The fourth-order valence-corrected chi connectivity index (χ4v) is 0.442. The van der Waals surface area contributed by atoms with Crippen LogP contribution >= 0.6 is 11.6 Å². The van der Waals surface area contributed by atoms with Gasteiger partial charge in [0.05, 0.1) is 5.57 Å². The zero-order chi connectivity index (χ0) is 7.28. The summed E-state index contributed by atoms with van der Waals surface area (Å²) >= 11 is 5.06. The first-order valence-corrected chi connectivity index (χ1v) is 2.74. The van der Waals surface area contributed by atoms with Crippen molar-refractivity contribution >= 4 is 11.6 Å². The molecule has 0 atom stereocenters. The van der Waals surface area contributed by atoms with Crippen molar-refractivity contribution in [2.45, 2.75) is 6.92 Å². The fourth-order valence-electron chi connectivity index (χ4n) is 0.340. The average Bonchev–Trinajstić information content (AvgIpc) is 1.82. The van der Waals surface area contributed by atoms with Gasteiger partial charge in [0, 0.05) is 5.38 Å². The van der Waals surface area contributed by atoms with Crippen molar-refractivity contribution in [1.29, 1.82) is 0 Å². The number of hydrogen-bond acceptors (Lipinski definition) is 1. The Morgan fingerprint density at radius 2 is 2.33 bits per heavy atom. The van der Waals surface area contributed by atoms with Gasteiger partial charge in [-0.2, -0.15) is 0 Å². The Hall–Kier alpha value is -0.870. The molecule has 0 aromatic rings. The highest BCUT2D eigenvalue weighted by molar-refractivity contribution is 6.30. The zero-order valence-electron chi connectivity index (χ0n) is 5.11. The van der Waals surface area contributed by atoms with E-state index in [2.05, 4.69) is 17.9 Å². The Morgan fingerprint density at radius 1 is 1.78 bits per heavy atom. The van der Waals surface area contributed by atoms with Crippen LogP contribution in [0.5, 0.6) is 0 Å². The Balaban J connectivity index is 4.48. The van der Waals surface area contributed by atoms with Crippen molar-refractivity contribution in [2.75, 3.05) is 0 Å². The van der Waals surface area contributed by atoms with Gasteiger partial charge in [-0.3, -0.25) is 0 Å². The highest BCUT2D eigenvalue weighted by atomic mass is 35.5. The third-order valence-corrected chi connectivity index (χ3v) is 0.870. The molecule has 0 bridgehead atoms. The maximum atomic E-state index is 8.79. The highest BCUT2D eigenvalue weighted by Gasteiger charge is 1.88. The molecule has 0 spiro atoms. The second kappa shape index (κ2) is 4.05. The second-order valence-corrected chi connectivity index (χ2v) is 1.61. The second-order valence-electron chi connectivity index (χ2n) is 1.42. The minimum atomic E-state index is 0.137. The van der Waals surface area contributed by atoms with Gasteiger partial charge in [0.15, 0.2) is 0 Å². The first kappa shape index (κ1) is 8.13. The quantitative estimate of drug-likeness (QED) is 0.338. The molecule has 9 heavy (non-hydrogen) atoms. The number of rotatable bonds is 1. The molecule has 0 aromatic carbocycles. The molecule has 0 amide bonds. The molecule has 0 aliphatic carbocycles. The van der Waals surface area contributed by atoms with Crippen molar-refractivity contribution in [3.8, 4) is 11.3 Å². The molecule has 0 rings (SSSR count). The van der Waals surface area contributed by atoms with Crippen molar-refractivity contribution in [2.24, 2.45) is 0 Å². The van der Waals surface area contributed by atoms with Crippen LogP contribution in [0.4, 0.5) is 0 Å². The monoisotopic (exact) mass is 142 g/mol. The molecule has 1 N–H and O–H groups in total. The molecular formula is C7H7ClO. The lowest BCUT2D eigenvalue weighted by Gasteiger charge is -1.89. The summed E-state index contributed by atoms with van der Waals surface area (Å²) in [6.45, 7) is 4.95. The zero-order valence-corrected chi connectivity index (χ0v) is 5.87. The summed E-state index contributed by atoms with van der Waals surface area (Å²) in [6, 6.07) is 0. The number of halogens is 1. The smallest absolute Gasteiger partial charge is 0.105 e. The lowest BCUT2D eigenvalue weighted by Crippen LogP contribution is -1.77. The van der Waals surface area contributed by atoms with Gasteiger partial charge in [-0.1, -0.05) is 12.7 Å². The average molecular weight is 143 g/mol. The summed E-state index contributed by atoms with van der Waals surface area (Å²) in [6.07, 6.45) is 1.45. The number of allylic oxidation sites excluding steroid dienone is 3. The normalized spacial score (nSPS) is 10.9. The number of hydrogen-bond donors (Lipinski definition) is 1. The van der Waals surface area contributed by atoms with E-state index in [0.29, 0.717) is 5.57 Å². The molecule has 0 heterocycles. The van der Waals surface area contributed by atoms with Crippen LogP contribution in [0.3, 0.4) is 0 Å². The van der Waals surface area contributed by atoms with Gasteiger partial charge < -0.3 is 5.11 Å². The predicted molar refractivity (Wildman–Crippen MR) is 39.2 cm³/mol. The molecule has 0 saturated heterocycles. The summed E-state index contributed by atoms with van der Waals surface area (Å²) < 4.78 is 0. The molecule has 0 saturated carbocycles. The van der Waals surface area contributed by atoms with E-state index in [1.807, 2.05) is 0 Å². The third kappa shape index (κ3) is 2.84.